The second-order valence-electron chi connectivity index (χ2n) is 7.24. The first-order chi connectivity index (χ1) is 13.9. The van der Waals surface area contributed by atoms with Gasteiger partial charge in [0, 0.05) is 36.2 Å². The van der Waals surface area contributed by atoms with Crippen molar-refractivity contribution < 1.29 is 4.79 Å². The number of nitrogens with one attached hydrogen (secondary N) is 1. The zero-order chi connectivity index (χ0) is 20.8. The Hall–Kier alpha value is -2.39. The first kappa shape index (κ1) is 21.3. The minimum Gasteiger partial charge on any atom is -0.370 e. The molecule has 154 valence electrons. The van der Waals surface area contributed by atoms with Crippen LogP contribution in [0.4, 0.5) is 10.8 Å². The van der Waals surface area contributed by atoms with Gasteiger partial charge in [0.2, 0.25) is 5.91 Å². The second-order valence-corrected chi connectivity index (χ2v) is 9.04. The Morgan fingerprint density at radius 2 is 2.10 bits per heavy atom. The molecule has 3 aromatic rings. The Kier molecular flexibility index (Phi) is 7.27. The number of amides is 1. The minimum atomic E-state index is -0.325. The number of anilines is 2. The van der Waals surface area contributed by atoms with Crippen molar-refractivity contribution >= 4 is 39.8 Å². The van der Waals surface area contributed by atoms with Gasteiger partial charge in [-0.1, -0.05) is 43.8 Å². The molecular formula is C20H26N6OS2. The Morgan fingerprint density at radius 3 is 2.83 bits per heavy atom. The van der Waals surface area contributed by atoms with E-state index in [0.717, 1.165) is 34.0 Å². The van der Waals surface area contributed by atoms with Gasteiger partial charge in [-0.15, -0.1) is 21.5 Å². The number of thiazole rings is 1. The molecule has 0 fully saturated rings. The molecule has 2 aromatic heterocycles. The maximum absolute atomic E-state index is 11.1. The highest BCUT2D eigenvalue weighted by Crippen LogP contribution is 2.27. The first-order valence-corrected chi connectivity index (χ1v) is 11.4. The summed E-state index contributed by atoms with van der Waals surface area (Å²) >= 11 is 3.20. The zero-order valence-corrected chi connectivity index (χ0v) is 18.5. The average molecular weight is 431 g/mol. The smallest absolute Gasteiger partial charge is 0.217 e. The third kappa shape index (κ3) is 6.04. The van der Waals surface area contributed by atoms with E-state index in [9.17, 15) is 4.79 Å². The van der Waals surface area contributed by atoms with Crippen molar-refractivity contribution in [3.63, 3.8) is 0 Å². The van der Waals surface area contributed by atoms with Crippen molar-refractivity contribution in [1.29, 1.82) is 0 Å². The fourth-order valence-electron chi connectivity index (χ4n) is 2.79. The molecule has 0 atom stereocenters. The Labute approximate surface area is 179 Å². The monoisotopic (exact) mass is 430 g/mol. The molecule has 7 nitrogen and oxygen atoms in total. The van der Waals surface area contributed by atoms with E-state index >= 15 is 0 Å². The first-order valence-electron chi connectivity index (χ1n) is 9.52. The molecule has 0 aliphatic carbocycles. The quantitative estimate of drug-likeness (QED) is 0.469. The Morgan fingerprint density at radius 1 is 1.31 bits per heavy atom. The zero-order valence-electron chi connectivity index (χ0n) is 16.9. The number of aromatic nitrogens is 4. The fraction of sp³-hybridized carbons (Fsp3) is 0.400. The number of carbonyl (C=O) groups is 1. The molecular weight excluding hydrogens is 404 g/mol. The van der Waals surface area contributed by atoms with Crippen LogP contribution < -0.4 is 11.1 Å². The average Bonchev–Trinajstić information content (AvgIpc) is 3.26. The molecule has 0 saturated carbocycles. The van der Waals surface area contributed by atoms with Crippen molar-refractivity contribution in [2.75, 3.05) is 5.32 Å². The van der Waals surface area contributed by atoms with Crippen molar-refractivity contribution in [3.8, 4) is 0 Å². The number of hydrogen-bond donors (Lipinski definition) is 2. The Balaban J connectivity index is 1.66. The highest BCUT2D eigenvalue weighted by Gasteiger charge is 2.15. The molecule has 29 heavy (non-hydrogen) atoms. The lowest BCUT2D eigenvalue weighted by molar-refractivity contribution is -0.118. The van der Waals surface area contributed by atoms with Gasteiger partial charge in [-0.05, 0) is 24.5 Å². The molecule has 0 saturated heterocycles. The van der Waals surface area contributed by atoms with Crippen molar-refractivity contribution in [2.45, 2.75) is 51.1 Å². The van der Waals surface area contributed by atoms with Crippen molar-refractivity contribution in [2.24, 2.45) is 11.7 Å². The molecule has 1 amide bonds. The van der Waals surface area contributed by atoms with E-state index in [2.05, 4.69) is 57.3 Å². The molecule has 0 radical (unpaired) electrons. The van der Waals surface area contributed by atoms with Crippen molar-refractivity contribution in [3.05, 3.63) is 46.7 Å². The molecule has 1 aromatic carbocycles. The van der Waals surface area contributed by atoms with Crippen LogP contribution in [0.1, 0.15) is 37.4 Å². The standard InChI is InChI=1S/C20H26N6OS2/c1-13(2)10-26-18(9-8-17(21)27)24-25-20(26)29-12-15-11-28-19(22-15)23-16-7-5-4-6-14(16)3/h4-7,11,13H,8-10,12H2,1-3H3,(H2,21,27)(H,22,23). The number of benzene rings is 1. The number of para-hydroxylation sites is 1. The highest BCUT2D eigenvalue weighted by molar-refractivity contribution is 7.98. The van der Waals surface area contributed by atoms with E-state index in [0.29, 0.717) is 18.1 Å². The summed E-state index contributed by atoms with van der Waals surface area (Å²) in [5.74, 6) is 1.63. The molecule has 2 heterocycles. The van der Waals surface area contributed by atoms with Crippen LogP contribution in [0, 0.1) is 12.8 Å². The van der Waals surface area contributed by atoms with E-state index in [1.165, 1.54) is 5.56 Å². The molecule has 0 unspecified atom stereocenters. The SMILES string of the molecule is Cc1ccccc1Nc1nc(CSc2nnc(CCC(N)=O)n2CC(C)C)cs1. The van der Waals surface area contributed by atoms with Crippen LogP contribution in [0.5, 0.6) is 0 Å². The van der Waals surface area contributed by atoms with Crippen LogP contribution in [-0.2, 0) is 23.5 Å². The lowest BCUT2D eigenvalue weighted by Crippen LogP contribution is -2.15. The predicted octanol–water partition coefficient (Wildman–Crippen LogP) is 4.15. The number of nitrogens with zero attached hydrogens (tertiary/aromatic N) is 4. The van der Waals surface area contributed by atoms with Gasteiger partial charge < -0.3 is 15.6 Å². The number of thioether (sulfide) groups is 1. The summed E-state index contributed by atoms with van der Waals surface area (Å²) in [6, 6.07) is 8.16. The van der Waals surface area contributed by atoms with E-state index in [1.807, 2.05) is 18.2 Å². The third-order valence-electron chi connectivity index (χ3n) is 4.22. The predicted molar refractivity (Wildman–Crippen MR) is 119 cm³/mol. The van der Waals surface area contributed by atoms with E-state index in [1.54, 1.807) is 23.1 Å². The number of aryl methyl sites for hydroxylation is 2. The number of carbonyl (C=O) groups excluding carboxylic acids is 1. The molecule has 0 aliphatic rings. The summed E-state index contributed by atoms with van der Waals surface area (Å²) in [7, 11) is 0. The Bertz CT molecular complexity index is 966. The molecule has 3 rings (SSSR count). The summed E-state index contributed by atoms with van der Waals surface area (Å²) in [4.78, 5) is 15.8. The van der Waals surface area contributed by atoms with Crippen LogP contribution in [0.25, 0.3) is 0 Å². The topological polar surface area (TPSA) is 98.7 Å². The van der Waals surface area contributed by atoms with E-state index in [-0.39, 0.29) is 12.3 Å². The highest BCUT2D eigenvalue weighted by atomic mass is 32.2. The normalized spacial score (nSPS) is 11.2. The summed E-state index contributed by atoms with van der Waals surface area (Å²) < 4.78 is 2.09. The van der Waals surface area contributed by atoms with Crippen LogP contribution in [0.15, 0.2) is 34.8 Å². The number of primary amides is 1. The molecule has 0 spiro atoms. The maximum atomic E-state index is 11.1. The number of nitrogens with two attached hydrogens (primary N) is 1. The van der Waals surface area contributed by atoms with Crippen LogP contribution in [-0.4, -0.2) is 25.7 Å². The second kappa shape index (κ2) is 9.89. The molecule has 3 N–H and O–H groups in total. The molecule has 0 bridgehead atoms. The van der Waals surface area contributed by atoms with Gasteiger partial charge >= 0.3 is 0 Å². The van der Waals surface area contributed by atoms with E-state index < -0.39 is 0 Å². The molecule has 9 heteroatoms. The van der Waals surface area contributed by atoms with E-state index in [4.69, 9.17) is 5.73 Å². The van der Waals surface area contributed by atoms with Crippen molar-refractivity contribution in [1.82, 2.24) is 19.7 Å². The van der Waals surface area contributed by atoms with Gasteiger partial charge in [0.25, 0.3) is 0 Å². The fourth-order valence-corrected chi connectivity index (χ4v) is 4.48. The van der Waals surface area contributed by atoms with Crippen LogP contribution in [0.3, 0.4) is 0 Å². The summed E-state index contributed by atoms with van der Waals surface area (Å²) in [5.41, 5.74) is 8.53. The van der Waals surface area contributed by atoms with Gasteiger partial charge in [0.05, 0.1) is 5.69 Å². The largest absolute Gasteiger partial charge is 0.370 e. The van der Waals surface area contributed by atoms with Crippen LogP contribution >= 0.6 is 23.1 Å². The summed E-state index contributed by atoms with van der Waals surface area (Å²) in [5, 5.41) is 15.8. The van der Waals surface area contributed by atoms with Crippen LogP contribution in [0.2, 0.25) is 0 Å². The lowest BCUT2D eigenvalue weighted by atomic mass is 10.2. The van der Waals surface area contributed by atoms with Gasteiger partial charge in [-0.25, -0.2) is 4.98 Å². The lowest BCUT2D eigenvalue weighted by Gasteiger charge is -2.11. The number of hydrogen-bond acceptors (Lipinski definition) is 7. The summed E-state index contributed by atoms with van der Waals surface area (Å²) in [6.45, 7) is 7.18. The number of rotatable bonds is 10. The summed E-state index contributed by atoms with van der Waals surface area (Å²) in [6.07, 6.45) is 0.789. The van der Waals surface area contributed by atoms with Gasteiger partial charge in [0.15, 0.2) is 10.3 Å². The molecule has 0 aliphatic heterocycles. The minimum absolute atomic E-state index is 0.279. The van der Waals surface area contributed by atoms with Gasteiger partial charge in [0.1, 0.15) is 5.82 Å². The van der Waals surface area contributed by atoms with Gasteiger partial charge in [-0.3, -0.25) is 4.79 Å². The van der Waals surface area contributed by atoms with Gasteiger partial charge in [-0.2, -0.15) is 0 Å². The maximum Gasteiger partial charge on any atom is 0.217 e. The third-order valence-corrected chi connectivity index (χ3v) is 6.03.